The predicted molar refractivity (Wildman–Crippen MR) is 98.1 cm³/mol. The second-order valence-electron chi connectivity index (χ2n) is 7.40. The summed E-state index contributed by atoms with van der Waals surface area (Å²) in [5.74, 6) is 0.202. The molecule has 0 saturated carbocycles. The first-order valence-corrected chi connectivity index (χ1v) is 8.57. The lowest BCUT2D eigenvalue weighted by molar-refractivity contribution is 0.0168. The van der Waals surface area contributed by atoms with Crippen LogP contribution in [0, 0.1) is 5.41 Å². The lowest BCUT2D eigenvalue weighted by Gasteiger charge is -2.45. The van der Waals surface area contributed by atoms with Crippen molar-refractivity contribution in [2.45, 2.75) is 13.3 Å². The van der Waals surface area contributed by atoms with Gasteiger partial charge in [0.1, 0.15) is 0 Å². The van der Waals surface area contributed by atoms with Crippen LogP contribution in [0.3, 0.4) is 0 Å². The van der Waals surface area contributed by atoms with Crippen molar-refractivity contribution in [2.75, 3.05) is 33.4 Å². The molecule has 0 aliphatic carbocycles. The van der Waals surface area contributed by atoms with Crippen LogP contribution in [0.1, 0.15) is 22.8 Å². The van der Waals surface area contributed by atoms with Gasteiger partial charge in [-0.2, -0.15) is 0 Å². The molecule has 1 atom stereocenters. The number of hydrogen-bond donors (Lipinski definition) is 0. The zero-order valence-corrected chi connectivity index (χ0v) is 14.6. The van der Waals surface area contributed by atoms with Crippen LogP contribution in [0.15, 0.2) is 60.7 Å². The van der Waals surface area contributed by atoms with E-state index in [9.17, 15) is 4.79 Å². The molecule has 0 aromatic heterocycles. The number of Topliss-reactive ketones (excluding diaryl/α,β-unsaturated/α-hetero) is 1. The van der Waals surface area contributed by atoms with Gasteiger partial charge < -0.3 is 0 Å². The van der Waals surface area contributed by atoms with Crippen LogP contribution in [0.25, 0.3) is 0 Å². The maximum atomic E-state index is 12.5. The van der Waals surface area contributed by atoms with Crippen molar-refractivity contribution in [2.24, 2.45) is 5.41 Å². The smallest absolute Gasteiger partial charge is 0.176 e. The Balaban J connectivity index is 1.68. The molecule has 0 radical (unpaired) electrons. The summed E-state index contributed by atoms with van der Waals surface area (Å²) >= 11 is 0. The fourth-order valence-corrected chi connectivity index (χ4v) is 3.91. The largest absolute Gasteiger partial charge is 0.293 e. The van der Waals surface area contributed by atoms with Crippen LogP contribution in [-0.2, 0) is 6.42 Å². The Hall–Kier alpha value is -1.97. The maximum Gasteiger partial charge on any atom is 0.176 e. The number of nitrogens with zero attached hydrogens (tertiary/aromatic N) is 2. The number of carbonyl (C=O) groups is 1. The molecule has 2 aromatic carbocycles. The van der Waals surface area contributed by atoms with E-state index in [1.54, 1.807) is 0 Å². The molecule has 126 valence electrons. The van der Waals surface area contributed by atoms with Gasteiger partial charge in [-0.1, -0.05) is 67.6 Å². The molecule has 1 heterocycles. The summed E-state index contributed by atoms with van der Waals surface area (Å²) in [4.78, 5) is 17.1. The van der Waals surface area contributed by atoms with E-state index in [4.69, 9.17) is 0 Å². The average molecular weight is 322 g/mol. The molecule has 0 N–H and O–H groups in total. The first-order chi connectivity index (χ1) is 11.5. The topological polar surface area (TPSA) is 23.6 Å². The van der Waals surface area contributed by atoms with Gasteiger partial charge in [0.15, 0.2) is 5.78 Å². The molecule has 24 heavy (non-hydrogen) atoms. The van der Waals surface area contributed by atoms with E-state index in [0.29, 0.717) is 6.54 Å². The second kappa shape index (κ2) is 7.29. The molecule has 0 spiro atoms. The molecule has 1 fully saturated rings. The van der Waals surface area contributed by atoms with Crippen molar-refractivity contribution < 1.29 is 4.79 Å². The summed E-state index contributed by atoms with van der Waals surface area (Å²) < 4.78 is 0. The van der Waals surface area contributed by atoms with Gasteiger partial charge in [0.2, 0.25) is 0 Å². The Morgan fingerprint density at radius 3 is 2.29 bits per heavy atom. The van der Waals surface area contributed by atoms with E-state index in [1.807, 2.05) is 30.3 Å². The maximum absolute atomic E-state index is 12.5. The summed E-state index contributed by atoms with van der Waals surface area (Å²) in [5.41, 5.74) is 2.32. The third-order valence-corrected chi connectivity index (χ3v) is 4.64. The Kier molecular flexibility index (Phi) is 5.12. The molecular weight excluding hydrogens is 296 g/mol. The molecule has 1 aliphatic heterocycles. The van der Waals surface area contributed by atoms with Crippen molar-refractivity contribution in [3.05, 3.63) is 71.8 Å². The summed E-state index contributed by atoms with van der Waals surface area (Å²) in [5, 5.41) is 0. The molecule has 3 rings (SSSR count). The zero-order chi connectivity index (χ0) is 17.0. The van der Waals surface area contributed by atoms with Crippen LogP contribution >= 0.6 is 0 Å². The highest BCUT2D eigenvalue weighted by atomic mass is 16.1. The van der Waals surface area contributed by atoms with Gasteiger partial charge in [-0.3, -0.25) is 14.6 Å². The van der Waals surface area contributed by atoms with Crippen molar-refractivity contribution in [3.63, 3.8) is 0 Å². The van der Waals surface area contributed by atoms with Crippen molar-refractivity contribution in [3.8, 4) is 0 Å². The van der Waals surface area contributed by atoms with Gasteiger partial charge in [0.05, 0.1) is 13.2 Å². The van der Waals surface area contributed by atoms with Crippen molar-refractivity contribution in [1.29, 1.82) is 0 Å². The molecule has 3 heteroatoms. The highest BCUT2D eigenvalue weighted by molar-refractivity contribution is 5.97. The quantitative estimate of drug-likeness (QED) is 0.789. The Morgan fingerprint density at radius 2 is 1.62 bits per heavy atom. The minimum atomic E-state index is 0.158. The van der Waals surface area contributed by atoms with Crippen LogP contribution < -0.4 is 0 Å². The Morgan fingerprint density at radius 1 is 1.00 bits per heavy atom. The number of rotatable bonds is 5. The first kappa shape index (κ1) is 16.9. The van der Waals surface area contributed by atoms with E-state index in [2.05, 4.69) is 54.1 Å². The minimum absolute atomic E-state index is 0.158. The van der Waals surface area contributed by atoms with Crippen LogP contribution in [0.4, 0.5) is 0 Å². The predicted octanol–water partition coefficient (Wildman–Crippen LogP) is 3.32. The number of ketones is 1. The summed E-state index contributed by atoms with van der Waals surface area (Å²) in [6.07, 6.45) is 1.04. The van der Waals surface area contributed by atoms with Gasteiger partial charge in [0.25, 0.3) is 0 Å². The molecule has 2 aromatic rings. The second-order valence-corrected chi connectivity index (χ2v) is 7.40. The van der Waals surface area contributed by atoms with Gasteiger partial charge in [-0.15, -0.1) is 0 Å². The normalized spacial score (nSPS) is 22.4. The minimum Gasteiger partial charge on any atom is -0.293 e. The lowest BCUT2D eigenvalue weighted by Crippen LogP contribution is -2.55. The number of carbonyl (C=O) groups excluding carboxylic acids is 1. The monoisotopic (exact) mass is 322 g/mol. The fourth-order valence-electron chi connectivity index (χ4n) is 3.91. The number of benzene rings is 2. The van der Waals surface area contributed by atoms with E-state index in [1.165, 1.54) is 5.56 Å². The molecular formula is C21H26N2O. The van der Waals surface area contributed by atoms with Crippen LogP contribution in [0.2, 0.25) is 0 Å². The highest BCUT2D eigenvalue weighted by Crippen LogP contribution is 2.28. The van der Waals surface area contributed by atoms with Gasteiger partial charge >= 0.3 is 0 Å². The molecule has 0 amide bonds. The first-order valence-electron chi connectivity index (χ1n) is 8.57. The standard InChI is InChI=1S/C21H26N2O/c1-21(13-18-9-5-3-6-10-18)15-22(2)17-23(16-21)14-20(24)19-11-7-4-8-12-19/h3-12H,13-17H2,1-2H3. The van der Waals surface area contributed by atoms with Crippen LogP contribution in [0.5, 0.6) is 0 Å². The number of hydrogen-bond acceptors (Lipinski definition) is 3. The van der Waals surface area contributed by atoms with Crippen LogP contribution in [-0.4, -0.2) is 48.9 Å². The third-order valence-electron chi connectivity index (χ3n) is 4.64. The molecule has 1 aliphatic rings. The Labute approximate surface area is 144 Å². The highest BCUT2D eigenvalue weighted by Gasteiger charge is 2.34. The summed E-state index contributed by atoms with van der Waals surface area (Å²) in [7, 11) is 2.14. The lowest BCUT2D eigenvalue weighted by atomic mass is 9.81. The van der Waals surface area contributed by atoms with E-state index in [0.717, 1.165) is 31.7 Å². The third kappa shape index (κ3) is 4.31. The average Bonchev–Trinajstić information content (AvgIpc) is 2.55. The van der Waals surface area contributed by atoms with E-state index < -0.39 is 0 Å². The molecule has 0 bridgehead atoms. The van der Waals surface area contributed by atoms with Crippen molar-refractivity contribution >= 4 is 5.78 Å². The Bertz CT molecular complexity index is 671. The summed E-state index contributed by atoms with van der Waals surface area (Å²) in [6, 6.07) is 20.2. The molecule has 1 unspecified atom stereocenters. The SMILES string of the molecule is CN1CN(CC(=O)c2ccccc2)CC(C)(Cc2ccccc2)C1. The van der Waals surface area contributed by atoms with E-state index >= 15 is 0 Å². The van der Waals surface area contributed by atoms with E-state index in [-0.39, 0.29) is 11.2 Å². The van der Waals surface area contributed by atoms with Gasteiger partial charge in [-0.05, 0) is 24.4 Å². The molecule has 3 nitrogen and oxygen atoms in total. The van der Waals surface area contributed by atoms with Crippen molar-refractivity contribution in [1.82, 2.24) is 9.80 Å². The molecule has 1 saturated heterocycles. The summed E-state index contributed by atoms with van der Waals surface area (Å²) in [6.45, 7) is 5.67. The van der Waals surface area contributed by atoms with Gasteiger partial charge in [-0.25, -0.2) is 0 Å². The zero-order valence-electron chi connectivity index (χ0n) is 14.6. The van der Waals surface area contributed by atoms with Gasteiger partial charge in [0, 0.05) is 18.7 Å². The fraction of sp³-hybridized carbons (Fsp3) is 0.381.